The van der Waals surface area contributed by atoms with Gasteiger partial charge in [0, 0.05) is 17.8 Å². The van der Waals surface area contributed by atoms with E-state index in [1.165, 1.54) is 4.31 Å². The zero-order valence-corrected chi connectivity index (χ0v) is 13.4. The van der Waals surface area contributed by atoms with Crippen LogP contribution in [0.5, 0.6) is 0 Å². The number of amides is 1. The molecule has 5 nitrogen and oxygen atoms in total. The molecular weight excluding hydrogens is 312 g/mol. The summed E-state index contributed by atoms with van der Waals surface area (Å²) in [5.41, 5.74) is 1.86. The van der Waals surface area contributed by atoms with Crippen LogP contribution in [-0.4, -0.2) is 26.6 Å². The second-order valence-corrected chi connectivity index (χ2v) is 7.48. The van der Waals surface area contributed by atoms with Gasteiger partial charge in [-0.25, -0.2) is 8.42 Å². The number of carbonyl (C=O) groups is 1. The van der Waals surface area contributed by atoms with E-state index in [9.17, 15) is 13.2 Å². The van der Waals surface area contributed by atoms with E-state index in [1.807, 2.05) is 6.07 Å². The average Bonchev–Trinajstić information content (AvgIpc) is 2.56. The Balaban J connectivity index is 1.74. The Morgan fingerprint density at radius 2 is 1.65 bits per heavy atom. The predicted molar refractivity (Wildman–Crippen MR) is 91.2 cm³/mol. The summed E-state index contributed by atoms with van der Waals surface area (Å²) < 4.78 is 25.6. The highest BCUT2D eigenvalue weighted by atomic mass is 32.2. The van der Waals surface area contributed by atoms with Crippen molar-refractivity contribution in [2.75, 3.05) is 21.9 Å². The van der Waals surface area contributed by atoms with Crippen LogP contribution in [0.1, 0.15) is 23.2 Å². The molecule has 0 aromatic heterocycles. The number of carbonyl (C=O) groups excluding carboxylic acids is 1. The van der Waals surface area contributed by atoms with Gasteiger partial charge < -0.3 is 5.32 Å². The monoisotopic (exact) mass is 330 g/mol. The van der Waals surface area contributed by atoms with Crippen LogP contribution in [-0.2, 0) is 10.0 Å². The molecular formula is C17H18N2O3S. The van der Waals surface area contributed by atoms with Crippen LogP contribution in [0.25, 0.3) is 0 Å². The van der Waals surface area contributed by atoms with Crippen molar-refractivity contribution in [1.29, 1.82) is 0 Å². The van der Waals surface area contributed by atoms with E-state index < -0.39 is 10.0 Å². The fourth-order valence-electron chi connectivity index (χ4n) is 2.58. The quantitative estimate of drug-likeness (QED) is 0.941. The lowest BCUT2D eigenvalue weighted by Crippen LogP contribution is -2.37. The van der Waals surface area contributed by atoms with Gasteiger partial charge in [-0.15, -0.1) is 0 Å². The van der Waals surface area contributed by atoms with Gasteiger partial charge in [-0.05, 0) is 49.2 Å². The number of nitrogens with zero attached hydrogens (tertiary/aromatic N) is 1. The van der Waals surface area contributed by atoms with Gasteiger partial charge in [0.2, 0.25) is 10.0 Å². The van der Waals surface area contributed by atoms with Gasteiger partial charge in [0.25, 0.3) is 5.91 Å². The van der Waals surface area contributed by atoms with Gasteiger partial charge in [0.05, 0.1) is 11.4 Å². The number of hydrogen-bond donors (Lipinski definition) is 1. The van der Waals surface area contributed by atoms with E-state index in [-0.39, 0.29) is 11.7 Å². The second kappa shape index (κ2) is 6.42. The summed E-state index contributed by atoms with van der Waals surface area (Å²) in [5.74, 6) is 0.00315. The zero-order valence-electron chi connectivity index (χ0n) is 12.6. The Hall–Kier alpha value is -2.34. The molecule has 0 radical (unpaired) electrons. The molecule has 1 N–H and O–H groups in total. The van der Waals surface area contributed by atoms with Crippen LogP contribution in [0.3, 0.4) is 0 Å². The molecule has 1 heterocycles. The maximum Gasteiger partial charge on any atom is 0.255 e. The van der Waals surface area contributed by atoms with Crippen LogP contribution in [0, 0.1) is 0 Å². The van der Waals surface area contributed by atoms with Gasteiger partial charge in [-0.1, -0.05) is 18.2 Å². The molecule has 0 saturated carbocycles. The highest BCUT2D eigenvalue weighted by molar-refractivity contribution is 7.92. The lowest BCUT2D eigenvalue weighted by molar-refractivity contribution is 0.102. The number of rotatable bonds is 3. The average molecular weight is 330 g/mol. The van der Waals surface area contributed by atoms with Crippen molar-refractivity contribution in [3.8, 4) is 0 Å². The van der Waals surface area contributed by atoms with Crippen LogP contribution in [0.2, 0.25) is 0 Å². The van der Waals surface area contributed by atoms with Crippen molar-refractivity contribution >= 4 is 27.3 Å². The van der Waals surface area contributed by atoms with Gasteiger partial charge in [-0.3, -0.25) is 9.10 Å². The third-order valence-electron chi connectivity index (χ3n) is 3.80. The number of hydrogen-bond acceptors (Lipinski definition) is 3. The molecule has 120 valence electrons. The molecule has 1 aliphatic rings. The number of anilines is 2. The molecule has 1 aliphatic heterocycles. The molecule has 1 fully saturated rings. The van der Waals surface area contributed by atoms with E-state index in [0.717, 1.165) is 6.42 Å². The predicted octanol–water partition coefficient (Wildman–Crippen LogP) is 2.87. The smallest absolute Gasteiger partial charge is 0.255 e. The first-order chi connectivity index (χ1) is 11.1. The first kappa shape index (κ1) is 15.6. The lowest BCUT2D eigenvalue weighted by Gasteiger charge is -2.28. The summed E-state index contributed by atoms with van der Waals surface area (Å²) in [4.78, 5) is 12.1. The highest BCUT2D eigenvalue weighted by Crippen LogP contribution is 2.25. The maximum absolute atomic E-state index is 12.1. The Labute approximate surface area is 136 Å². The van der Waals surface area contributed by atoms with Gasteiger partial charge in [-0.2, -0.15) is 0 Å². The van der Waals surface area contributed by atoms with E-state index in [4.69, 9.17) is 0 Å². The molecule has 1 saturated heterocycles. The number of sulfonamides is 1. The standard InChI is InChI=1S/C17H18N2O3S/c20-17(14-6-2-1-3-7-14)18-15-8-10-16(11-9-15)19-12-4-5-13-23(19,21)22/h1-3,6-11H,4-5,12-13H2,(H,18,20). The molecule has 0 bridgehead atoms. The van der Waals surface area contributed by atoms with Crippen molar-refractivity contribution < 1.29 is 13.2 Å². The van der Waals surface area contributed by atoms with Crippen molar-refractivity contribution in [3.63, 3.8) is 0 Å². The minimum absolute atomic E-state index is 0.191. The summed E-state index contributed by atoms with van der Waals surface area (Å²) in [6, 6.07) is 15.8. The third-order valence-corrected chi connectivity index (χ3v) is 5.67. The summed E-state index contributed by atoms with van der Waals surface area (Å²) in [5, 5.41) is 2.80. The summed E-state index contributed by atoms with van der Waals surface area (Å²) >= 11 is 0. The summed E-state index contributed by atoms with van der Waals surface area (Å²) in [6.07, 6.45) is 1.58. The Bertz CT molecular complexity index is 786. The second-order valence-electron chi connectivity index (χ2n) is 5.46. The van der Waals surface area contributed by atoms with Crippen LogP contribution in [0.15, 0.2) is 54.6 Å². The minimum atomic E-state index is -3.21. The largest absolute Gasteiger partial charge is 0.322 e. The molecule has 0 aliphatic carbocycles. The van der Waals surface area contributed by atoms with Crippen molar-refractivity contribution in [3.05, 3.63) is 60.2 Å². The normalized spacial score (nSPS) is 16.8. The molecule has 0 unspecified atom stereocenters. The summed E-state index contributed by atoms with van der Waals surface area (Å²) in [6.45, 7) is 0.512. The highest BCUT2D eigenvalue weighted by Gasteiger charge is 2.25. The van der Waals surface area contributed by atoms with E-state index in [1.54, 1.807) is 48.5 Å². The Kier molecular flexibility index (Phi) is 4.34. The topological polar surface area (TPSA) is 66.5 Å². The first-order valence-corrected chi connectivity index (χ1v) is 9.14. The maximum atomic E-state index is 12.1. The van der Waals surface area contributed by atoms with Gasteiger partial charge >= 0.3 is 0 Å². The molecule has 3 rings (SSSR count). The third kappa shape index (κ3) is 3.53. The van der Waals surface area contributed by atoms with E-state index in [2.05, 4.69) is 5.32 Å². The zero-order chi connectivity index (χ0) is 16.3. The van der Waals surface area contributed by atoms with Crippen LogP contribution in [0.4, 0.5) is 11.4 Å². The van der Waals surface area contributed by atoms with Crippen molar-refractivity contribution in [2.45, 2.75) is 12.8 Å². The Morgan fingerprint density at radius 3 is 2.30 bits per heavy atom. The van der Waals surface area contributed by atoms with Crippen molar-refractivity contribution in [2.24, 2.45) is 0 Å². The van der Waals surface area contributed by atoms with Gasteiger partial charge in [0.1, 0.15) is 0 Å². The molecule has 6 heteroatoms. The molecule has 0 atom stereocenters. The van der Waals surface area contributed by atoms with Crippen LogP contribution < -0.4 is 9.62 Å². The van der Waals surface area contributed by atoms with Crippen LogP contribution >= 0.6 is 0 Å². The molecule has 2 aromatic carbocycles. The molecule has 2 aromatic rings. The number of benzene rings is 2. The van der Waals surface area contributed by atoms with Gasteiger partial charge in [0.15, 0.2) is 0 Å². The number of nitrogens with one attached hydrogen (secondary N) is 1. The fourth-order valence-corrected chi connectivity index (χ4v) is 4.22. The SMILES string of the molecule is O=C(Nc1ccc(N2CCCCS2(=O)=O)cc1)c1ccccc1. The molecule has 23 heavy (non-hydrogen) atoms. The Morgan fingerprint density at radius 1 is 0.957 bits per heavy atom. The lowest BCUT2D eigenvalue weighted by atomic mass is 10.2. The van der Waals surface area contributed by atoms with E-state index >= 15 is 0 Å². The molecule has 0 spiro atoms. The molecule has 1 amide bonds. The minimum Gasteiger partial charge on any atom is -0.322 e. The van der Waals surface area contributed by atoms with Crippen molar-refractivity contribution in [1.82, 2.24) is 0 Å². The summed E-state index contributed by atoms with van der Waals surface area (Å²) in [7, 11) is -3.21. The van der Waals surface area contributed by atoms with E-state index in [0.29, 0.717) is 29.9 Å². The first-order valence-electron chi connectivity index (χ1n) is 7.53. The fraction of sp³-hybridized carbons (Fsp3) is 0.235.